The molecule has 0 aliphatic carbocycles. The number of benzene rings is 1. The molecule has 0 saturated carbocycles. The van der Waals surface area contributed by atoms with Crippen LogP contribution in [0.4, 0.5) is 0 Å². The molecule has 1 aromatic rings. The second kappa shape index (κ2) is 6.04. The van der Waals surface area contributed by atoms with Gasteiger partial charge in [0.25, 0.3) is 0 Å². The smallest absolute Gasteiger partial charge is 0.161 e. The quantitative estimate of drug-likeness (QED) is 0.596. The first-order chi connectivity index (χ1) is 8.50. The summed E-state index contributed by atoms with van der Waals surface area (Å²) in [5, 5.41) is 0. The summed E-state index contributed by atoms with van der Waals surface area (Å²) < 4.78 is 16.0. The number of nitrogens with two attached hydrogens (primary N) is 1. The largest absolute Gasteiger partial charge is 0.493 e. The summed E-state index contributed by atoms with van der Waals surface area (Å²) in [6.45, 7) is 3.93. The summed E-state index contributed by atoms with van der Waals surface area (Å²) in [7, 11) is 4.87. The number of hydrazine groups is 1. The van der Waals surface area contributed by atoms with Gasteiger partial charge in [0.05, 0.1) is 25.9 Å². The van der Waals surface area contributed by atoms with Crippen molar-refractivity contribution in [3.05, 3.63) is 23.8 Å². The number of methoxy groups -OCH3 is 3. The van der Waals surface area contributed by atoms with E-state index in [0.29, 0.717) is 11.5 Å². The minimum Gasteiger partial charge on any atom is -0.493 e. The number of nitrogens with one attached hydrogen (secondary N) is 1. The molecular weight excluding hydrogens is 232 g/mol. The minimum absolute atomic E-state index is 0.151. The molecule has 1 unspecified atom stereocenters. The maximum Gasteiger partial charge on any atom is 0.161 e. The first kappa shape index (κ1) is 14.8. The topological polar surface area (TPSA) is 65.7 Å². The summed E-state index contributed by atoms with van der Waals surface area (Å²) >= 11 is 0. The normalized spacial score (nSPS) is 13.2. The van der Waals surface area contributed by atoms with E-state index >= 15 is 0 Å². The van der Waals surface area contributed by atoms with Crippen molar-refractivity contribution in [3.63, 3.8) is 0 Å². The zero-order valence-electron chi connectivity index (χ0n) is 11.6. The van der Waals surface area contributed by atoms with Crippen molar-refractivity contribution >= 4 is 0 Å². The van der Waals surface area contributed by atoms with Gasteiger partial charge in [0, 0.05) is 7.11 Å². The molecule has 18 heavy (non-hydrogen) atoms. The highest BCUT2D eigenvalue weighted by molar-refractivity contribution is 5.44. The van der Waals surface area contributed by atoms with Crippen LogP contribution < -0.4 is 20.7 Å². The van der Waals surface area contributed by atoms with Crippen LogP contribution in [-0.4, -0.2) is 26.9 Å². The molecule has 0 aromatic heterocycles. The van der Waals surface area contributed by atoms with Crippen molar-refractivity contribution < 1.29 is 14.2 Å². The molecule has 0 saturated heterocycles. The third-order valence-electron chi connectivity index (χ3n) is 3.13. The molecule has 0 amide bonds. The summed E-state index contributed by atoms with van der Waals surface area (Å²) in [4.78, 5) is 0. The van der Waals surface area contributed by atoms with Gasteiger partial charge in [-0.15, -0.1) is 0 Å². The Morgan fingerprint density at radius 2 is 1.72 bits per heavy atom. The predicted octanol–water partition coefficient (Wildman–Crippen LogP) is 1.63. The fourth-order valence-electron chi connectivity index (χ4n) is 1.85. The molecule has 102 valence electrons. The van der Waals surface area contributed by atoms with Crippen LogP contribution in [0, 0.1) is 0 Å². The van der Waals surface area contributed by atoms with Crippen molar-refractivity contribution in [2.24, 2.45) is 5.84 Å². The van der Waals surface area contributed by atoms with Gasteiger partial charge in [0.1, 0.15) is 0 Å². The number of hydrogen-bond donors (Lipinski definition) is 2. The third kappa shape index (κ3) is 2.93. The molecule has 0 heterocycles. The fraction of sp³-hybridized carbons (Fsp3) is 0.538. The van der Waals surface area contributed by atoms with Gasteiger partial charge in [-0.05, 0) is 31.5 Å². The Morgan fingerprint density at radius 3 is 2.17 bits per heavy atom. The molecule has 1 aromatic carbocycles. The van der Waals surface area contributed by atoms with Crippen molar-refractivity contribution in [2.75, 3.05) is 21.3 Å². The van der Waals surface area contributed by atoms with Gasteiger partial charge in [0.2, 0.25) is 0 Å². The highest BCUT2D eigenvalue weighted by Gasteiger charge is 2.30. The zero-order chi connectivity index (χ0) is 13.8. The van der Waals surface area contributed by atoms with Gasteiger partial charge < -0.3 is 14.2 Å². The molecule has 0 aliphatic heterocycles. The van der Waals surface area contributed by atoms with Crippen LogP contribution in [0.3, 0.4) is 0 Å². The van der Waals surface area contributed by atoms with Gasteiger partial charge in [-0.3, -0.25) is 11.3 Å². The first-order valence-corrected chi connectivity index (χ1v) is 5.73. The van der Waals surface area contributed by atoms with Gasteiger partial charge >= 0.3 is 0 Å². The van der Waals surface area contributed by atoms with E-state index in [1.165, 1.54) is 0 Å². The lowest BCUT2D eigenvalue weighted by Gasteiger charge is -2.33. The fourth-order valence-corrected chi connectivity index (χ4v) is 1.85. The van der Waals surface area contributed by atoms with Crippen molar-refractivity contribution in [1.82, 2.24) is 5.43 Å². The maximum atomic E-state index is 5.63. The monoisotopic (exact) mass is 254 g/mol. The summed E-state index contributed by atoms with van der Waals surface area (Å²) in [5.74, 6) is 6.98. The SMILES string of the molecule is COc1ccc(C(NN)C(C)(C)OC)cc1OC. The molecule has 5 heteroatoms. The highest BCUT2D eigenvalue weighted by Crippen LogP contribution is 2.34. The summed E-state index contributed by atoms with van der Waals surface area (Å²) in [6, 6.07) is 5.53. The molecule has 0 aliphatic rings. The van der Waals surface area contributed by atoms with Crippen LogP contribution in [-0.2, 0) is 4.74 Å². The molecular formula is C13H22N2O3. The second-order valence-electron chi connectivity index (χ2n) is 4.52. The van der Waals surface area contributed by atoms with Gasteiger partial charge in [-0.1, -0.05) is 6.07 Å². The molecule has 0 spiro atoms. The Kier molecular flexibility index (Phi) is 4.95. The van der Waals surface area contributed by atoms with E-state index < -0.39 is 5.60 Å². The van der Waals surface area contributed by atoms with Gasteiger partial charge in [-0.2, -0.15) is 0 Å². The number of rotatable bonds is 6. The molecule has 0 radical (unpaired) electrons. The van der Waals surface area contributed by atoms with Gasteiger partial charge in [0.15, 0.2) is 11.5 Å². The third-order valence-corrected chi connectivity index (χ3v) is 3.13. The van der Waals surface area contributed by atoms with Crippen molar-refractivity contribution in [3.8, 4) is 11.5 Å². The van der Waals surface area contributed by atoms with E-state index in [9.17, 15) is 0 Å². The molecule has 1 rings (SSSR count). The summed E-state index contributed by atoms with van der Waals surface area (Å²) in [6.07, 6.45) is 0. The lowest BCUT2D eigenvalue weighted by Crippen LogP contribution is -2.43. The van der Waals surface area contributed by atoms with E-state index in [4.69, 9.17) is 20.1 Å². The zero-order valence-corrected chi connectivity index (χ0v) is 11.6. The lowest BCUT2D eigenvalue weighted by atomic mass is 9.92. The Labute approximate surface area is 108 Å². The van der Waals surface area contributed by atoms with Crippen LogP contribution in [0.15, 0.2) is 18.2 Å². The van der Waals surface area contributed by atoms with E-state index in [0.717, 1.165) is 5.56 Å². The number of ether oxygens (including phenoxy) is 3. The van der Waals surface area contributed by atoms with Crippen molar-refractivity contribution in [1.29, 1.82) is 0 Å². The second-order valence-corrected chi connectivity index (χ2v) is 4.52. The average molecular weight is 254 g/mol. The standard InChI is InChI=1S/C13H22N2O3/c1-13(2,18-5)12(15-14)9-6-7-10(16-3)11(8-9)17-4/h6-8,12,15H,14H2,1-5H3. The van der Waals surface area contributed by atoms with Crippen molar-refractivity contribution in [2.45, 2.75) is 25.5 Å². The van der Waals surface area contributed by atoms with Crippen LogP contribution >= 0.6 is 0 Å². The van der Waals surface area contributed by atoms with E-state index in [-0.39, 0.29) is 6.04 Å². The molecule has 1 atom stereocenters. The molecule has 0 bridgehead atoms. The van der Waals surface area contributed by atoms with E-state index in [1.807, 2.05) is 32.0 Å². The molecule has 0 fully saturated rings. The lowest BCUT2D eigenvalue weighted by molar-refractivity contribution is -0.0112. The predicted molar refractivity (Wildman–Crippen MR) is 70.7 cm³/mol. The highest BCUT2D eigenvalue weighted by atomic mass is 16.5. The van der Waals surface area contributed by atoms with E-state index in [2.05, 4.69) is 5.43 Å². The van der Waals surface area contributed by atoms with Crippen LogP contribution in [0.25, 0.3) is 0 Å². The van der Waals surface area contributed by atoms with Gasteiger partial charge in [-0.25, -0.2) is 0 Å². The Balaban J connectivity index is 3.15. The first-order valence-electron chi connectivity index (χ1n) is 5.73. The van der Waals surface area contributed by atoms with E-state index in [1.54, 1.807) is 21.3 Å². The van der Waals surface area contributed by atoms with Crippen LogP contribution in [0.5, 0.6) is 11.5 Å². The average Bonchev–Trinajstić information content (AvgIpc) is 2.39. The Bertz CT molecular complexity index is 394. The Morgan fingerprint density at radius 1 is 1.11 bits per heavy atom. The van der Waals surface area contributed by atoms with Crippen LogP contribution in [0.2, 0.25) is 0 Å². The minimum atomic E-state index is -0.436. The summed E-state index contributed by atoms with van der Waals surface area (Å²) in [5.41, 5.74) is 3.31. The number of hydrogen-bond acceptors (Lipinski definition) is 5. The Hall–Kier alpha value is -1.30. The van der Waals surface area contributed by atoms with Crippen LogP contribution in [0.1, 0.15) is 25.5 Å². The molecule has 5 nitrogen and oxygen atoms in total. The molecule has 3 N–H and O–H groups in total. The maximum absolute atomic E-state index is 5.63.